The van der Waals surface area contributed by atoms with Crippen molar-refractivity contribution in [3.05, 3.63) is 12.3 Å². The SMILES string of the molecule is C=C1N(CC)C2CCCCC2C12CCCCC2. The van der Waals surface area contributed by atoms with Gasteiger partial charge < -0.3 is 4.90 Å². The van der Waals surface area contributed by atoms with E-state index >= 15 is 0 Å². The van der Waals surface area contributed by atoms with Gasteiger partial charge in [-0.3, -0.25) is 0 Å². The molecule has 2 saturated carbocycles. The number of hydrogen-bond donors (Lipinski definition) is 0. The van der Waals surface area contributed by atoms with Crippen molar-refractivity contribution >= 4 is 0 Å². The molecule has 3 fully saturated rings. The van der Waals surface area contributed by atoms with Crippen molar-refractivity contribution in [2.24, 2.45) is 11.3 Å². The van der Waals surface area contributed by atoms with Crippen molar-refractivity contribution in [3.8, 4) is 0 Å². The van der Waals surface area contributed by atoms with Crippen LogP contribution in [-0.2, 0) is 0 Å². The Balaban J connectivity index is 1.93. The van der Waals surface area contributed by atoms with E-state index in [1.54, 1.807) is 0 Å². The fourth-order valence-corrected chi connectivity index (χ4v) is 5.10. The molecular weight excluding hydrogens is 206 g/mol. The molecule has 2 aliphatic carbocycles. The second kappa shape index (κ2) is 4.33. The Bertz CT molecular complexity index is 301. The third kappa shape index (κ3) is 1.57. The maximum Gasteiger partial charge on any atom is 0.0324 e. The molecule has 1 nitrogen and oxygen atoms in total. The molecule has 0 aromatic heterocycles. The van der Waals surface area contributed by atoms with Gasteiger partial charge in [0.15, 0.2) is 0 Å². The standard InChI is InChI=1S/C16H27N/c1-3-17-13(2)16(11-7-4-8-12-16)14-9-5-6-10-15(14)17/h14-15H,2-12H2,1H3. The Morgan fingerprint density at radius 1 is 1.12 bits per heavy atom. The molecular formula is C16H27N. The molecule has 1 spiro atoms. The highest BCUT2D eigenvalue weighted by atomic mass is 15.2. The van der Waals surface area contributed by atoms with E-state index in [-0.39, 0.29) is 0 Å². The van der Waals surface area contributed by atoms with Crippen LogP contribution < -0.4 is 0 Å². The average Bonchev–Trinajstić information content (AvgIpc) is 2.61. The van der Waals surface area contributed by atoms with Crippen LogP contribution in [0.2, 0.25) is 0 Å². The summed E-state index contributed by atoms with van der Waals surface area (Å²) in [5, 5.41) is 0. The monoisotopic (exact) mass is 233 g/mol. The molecule has 1 aliphatic heterocycles. The van der Waals surface area contributed by atoms with Gasteiger partial charge in [-0.2, -0.15) is 0 Å². The van der Waals surface area contributed by atoms with Crippen LogP contribution in [0.15, 0.2) is 12.3 Å². The van der Waals surface area contributed by atoms with E-state index < -0.39 is 0 Å². The molecule has 0 amide bonds. The highest BCUT2D eigenvalue weighted by molar-refractivity contribution is 5.23. The number of rotatable bonds is 1. The Kier molecular flexibility index (Phi) is 2.96. The summed E-state index contributed by atoms with van der Waals surface area (Å²) in [7, 11) is 0. The molecule has 96 valence electrons. The van der Waals surface area contributed by atoms with E-state index in [0.29, 0.717) is 5.41 Å². The molecule has 1 heteroatoms. The van der Waals surface area contributed by atoms with E-state index in [2.05, 4.69) is 18.4 Å². The van der Waals surface area contributed by atoms with Gasteiger partial charge in [0.05, 0.1) is 0 Å². The Hall–Kier alpha value is -0.460. The smallest absolute Gasteiger partial charge is 0.0324 e. The van der Waals surface area contributed by atoms with Crippen molar-refractivity contribution in [3.63, 3.8) is 0 Å². The normalized spacial score (nSPS) is 36.3. The van der Waals surface area contributed by atoms with Gasteiger partial charge in [-0.25, -0.2) is 0 Å². The Morgan fingerprint density at radius 2 is 1.82 bits per heavy atom. The van der Waals surface area contributed by atoms with Crippen LogP contribution in [0, 0.1) is 11.3 Å². The lowest BCUT2D eigenvalue weighted by Gasteiger charge is -2.41. The summed E-state index contributed by atoms with van der Waals surface area (Å²) in [6, 6.07) is 0.847. The number of nitrogens with zero attached hydrogens (tertiary/aromatic N) is 1. The van der Waals surface area contributed by atoms with Gasteiger partial charge in [-0.1, -0.05) is 38.7 Å². The first-order valence-corrected chi connectivity index (χ1v) is 7.75. The molecule has 0 radical (unpaired) electrons. The van der Waals surface area contributed by atoms with E-state index in [9.17, 15) is 0 Å². The van der Waals surface area contributed by atoms with Crippen molar-refractivity contribution in [1.29, 1.82) is 0 Å². The molecule has 17 heavy (non-hydrogen) atoms. The number of hydrogen-bond acceptors (Lipinski definition) is 1. The number of fused-ring (bicyclic) bond motifs is 2. The van der Waals surface area contributed by atoms with Crippen LogP contribution in [0.1, 0.15) is 64.7 Å². The molecule has 1 heterocycles. The Morgan fingerprint density at radius 3 is 2.53 bits per heavy atom. The highest BCUT2D eigenvalue weighted by Gasteiger charge is 2.54. The van der Waals surface area contributed by atoms with Gasteiger partial charge in [0, 0.05) is 23.7 Å². The topological polar surface area (TPSA) is 3.24 Å². The summed E-state index contributed by atoms with van der Waals surface area (Å²) in [5.74, 6) is 0.948. The van der Waals surface area contributed by atoms with E-state index in [1.807, 2.05) is 0 Å². The second-order valence-electron chi connectivity index (χ2n) is 6.41. The molecule has 0 aromatic carbocycles. The summed E-state index contributed by atoms with van der Waals surface area (Å²) >= 11 is 0. The van der Waals surface area contributed by atoms with E-state index in [4.69, 9.17) is 0 Å². The maximum atomic E-state index is 4.53. The van der Waals surface area contributed by atoms with Crippen LogP contribution in [-0.4, -0.2) is 17.5 Å². The van der Waals surface area contributed by atoms with Gasteiger partial charge >= 0.3 is 0 Å². The molecule has 3 rings (SSSR count). The van der Waals surface area contributed by atoms with Gasteiger partial charge in [0.2, 0.25) is 0 Å². The second-order valence-corrected chi connectivity index (χ2v) is 6.41. The van der Waals surface area contributed by atoms with Crippen LogP contribution in [0.25, 0.3) is 0 Å². The minimum Gasteiger partial charge on any atom is -0.372 e. The minimum atomic E-state index is 0.527. The van der Waals surface area contributed by atoms with Crippen molar-refractivity contribution in [1.82, 2.24) is 4.90 Å². The molecule has 0 N–H and O–H groups in total. The predicted molar refractivity (Wildman–Crippen MR) is 72.8 cm³/mol. The Labute approximate surface area is 106 Å². The average molecular weight is 233 g/mol. The van der Waals surface area contributed by atoms with Crippen LogP contribution >= 0.6 is 0 Å². The molecule has 2 unspecified atom stereocenters. The predicted octanol–water partition coefficient (Wildman–Crippen LogP) is 4.34. The van der Waals surface area contributed by atoms with Gasteiger partial charge in [-0.05, 0) is 38.5 Å². The lowest BCUT2D eigenvalue weighted by atomic mass is 9.62. The van der Waals surface area contributed by atoms with Gasteiger partial charge in [0.1, 0.15) is 0 Å². The highest BCUT2D eigenvalue weighted by Crippen LogP contribution is 2.59. The van der Waals surface area contributed by atoms with Crippen LogP contribution in [0.4, 0.5) is 0 Å². The lowest BCUT2D eigenvalue weighted by Crippen LogP contribution is -2.36. The van der Waals surface area contributed by atoms with Crippen molar-refractivity contribution in [2.45, 2.75) is 70.8 Å². The molecule has 0 bridgehead atoms. The summed E-state index contributed by atoms with van der Waals surface area (Å²) < 4.78 is 0. The van der Waals surface area contributed by atoms with Crippen molar-refractivity contribution in [2.75, 3.05) is 6.54 Å². The summed E-state index contributed by atoms with van der Waals surface area (Å²) in [6.45, 7) is 8.03. The molecule has 2 atom stereocenters. The summed E-state index contributed by atoms with van der Waals surface area (Å²) in [4.78, 5) is 2.68. The third-order valence-corrected chi connectivity index (χ3v) is 5.85. The summed E-state index contributed by atoms with van der Waals surface area (Å²) in [6.07, 6.45) is 13.0. The fraction of sp³-hybridized carbons (Fsp3) is 0.875. The quantitative estimate of drug-likeness (QED) is 0.651. The van der Waals surface area contributed by atoms with E-state index in [0.717, 1.165) is 12.0 Å². The lowest BCUT2D eigenvalue weighted by molar-refractivity contribution is 0.120. The first-order chi connectivity index (χ1) is 8.29. The molecule has 1 saturated heterocycles. The van der Waals surface area contributed by atoms with Crippen LogP contribution in [0.3, 0.4) is 0 Å². The van der Waals surface area contributed by atoms with Crippen molar-refractivity contribution < 1.29 is 0 Å². The third-order valence-electron chi connectivity index (χ3n) is 5.85. The van der Waals surface area contributed by atoms with E-state index in [1.165, 1.54) is 70.0 Å². The fourth-order valence-electron chi connectivity index (χ4n) is 5.10. The molecule has 0 aromatic rings. The zero-order valence-corrected chi connectivity index (χ0v) is 11.4. The summed E-state index contributed by atoms with van der Waals surface area (Å²) in [5.41, 5.74) is 2.05. The first kappa shape index (κ1) is 11.6. The molecule has 3 aliphatic rings. The maximum absolute atomic E-state index is 4.53. The number of allylic oxidation sites excluding steroid dienone is 1. The number of likely N-dealkylation sites (tertiary alicyclic amines) is 1. The minimum absolute atomic E-state index is 0.527. The first-order valence-electron chi connectivity index (χ1n) is 7.75. The van der Waals surface area contributed by atoms with Crippen LogP contribution in [0.5, 0.6) is 0 Å². The van der Waals surface area contributed by atoms with Gasteiger partial charge in [-0.15, -0.1) is 0 Å². The van der Waals surface area contributed by atoms with Gasteiger partial charge in [0.25, 0.3) is 0 Å². The zero-order valence-electron chi connectivity index (χ0n) is 11.4. The largest absolute Gasteiger partial charge is 0.372 e. The zero-order chi connectivity index (χ0) is 11.9.